The zero-order chi connectivity index (χ0) is 15.8. The van der Waals surface area contributed by atoms with Crippen molar-refractivity contribution in [2.24, 2.45) is 4.99 Å². The van der Waals surface area contributed by atoms with Crippen LogP contribution < -0.4 is 10.6 Å². The molecular weight excluding hydrogens is 487 g/mol. The van der Waals surface area contributed by atoms with Crippen LogP contribution in [0, 0.1) is 6.92 Å². The van der Waals surface area contributed by atoms with E-state index >= 15 is 0 Å². The number of hydrogen-bond acceptors (Lipinski definition) is 3. The lowest BCUT2D eigenvalue weighted by molar-refractivity contribution is 0.796. The Morgan fingerprint density at radius 1 is 1.35 bits per heavy atom. The minimum absolute atomic E-state index is 0. The summed E-state index contributed by atoms with van der Waals surface area (Å²) in [6.07, 6.45) is 2.84. The van der Waals surface area contributed by atoms with Crippen molar-refractivity contribution in [2.75, 3.05) is 13.1 Å². The lowest BCUT2D eigenvalue weighted by atomic mass is 10.2. The Bertz CT molecular complexity index is 630. The first-order chi connectivity index (χ1) is 10.7. The van der Waals surface area contributed by atoms with Crippen molar-refractivity contribution in [3.63, 3.8) is 0 Å². The Labute approximate surface area is 167 Å². The number of guanidine groups is 1. The van der Waals surface area contributed by atoms with Crippen LogP contribution in [0.2, 0.25) is 0 Å². The molecule has 2 rings (SSSR count). The highest BCUT2D eigenvalue weighted by molar-refractivity contribution is 14.0. The Morgan fingerprint density at radius 3 is 2.83 bits per heavy atom. The maximum Gasteiger partial charge on any atom is 0.191 e. The summed E-state index contributed by atoms with van der Waals surface area (Å²) in [6.45, 7) is 6.49. The molecule has 4 nitrogen and oxygen atoms in total. The van der Waals surface area contributed by atoms with E-state index in [0.717, 1.165) is 35.0 Å². The Kier molecular flexibility index (Phi) is 9.73. The summed E-state index contributed by atoms with van der Waals surface area (Å²) in [5, 5.41) is 7.79. The van der Waals surface area contributed by atoms with Gasteiger partial charge in [0.15, 0.2) is 5.96 Å². The summed E-state index contributed by atoms with van der Waals surface area (Å²) in [5.74, 6) is 0.843. The molecule has 1 aromatic carbocycles. The molecule has 0 saturated carbocycles. The summed E-state index contributed by atoms with van der Waals surface area (Å²) in [6, 6.07) is 8.22. The molecule has 0 saturated heterocycles. The first-order valence-corrected chi connectivity index (χ1v) is 8.96. The van der Waals surface area contributed by atoms with Crippen molar-refractivity contribution in [1.82, 2.24) is 15.6 Å². The molecule has 0 fully saturated rings. The molecule has 0 aliphatic heterocycles. The van der Waals surface area contributed by atoms with Crippen LogP contribution in [0.1, 0.15) is 22.4 Å². The van der Waals surface area contributed by atoms with Crippen molar-refractivity contribution in [3.8, 4) is 0 Å². The molecule has 1 aromatic heterocycles. The van der Waals surface area contributed by atoms with Crippen molar-refractivity contribution in [3.05, 3.63) is 50.4 Å². The van der Waals surface area contributed by atoms with Gasteiger partial charge in [-0.25, -0.2) is 9.98 Å². The average molecular weight is 509 g/mol. The van der Waals surface area contributed by atoms with Gasteiger partial charge in [-0.3, -0.25) is 0 Å². The molecule has 0 aliphatic carbocycles. The van der Waals surface area contributed by atoms with Gasteiger partial charge in [0.1, 0.15) is 0 Å². The van der Waals surface area contributed by atoms with Crippen molar-refractivity contribution in [2.45, 2.75) is 26.8 Å². The standard InChI is InChI=1S/C16H21BrN4S.HI/c1-3-18-16(19-8-7-15-20-10-12(2)22-15)21-11-13-5-4-6-14(17)9-13;/h4-6,9-10H,3,7-8,11H2,1-2H3,(H2,18,19,21);1H. The van der Waals surface area contributed by atoms with Gasteiger partial charge >= 0.3 is 0 Å². The maximum absolute atomic E-state index is 4.62. The molecule has 2 N–H and O–H groups in total. The van der Waals surface area contributed by atoms with Gasteiger partial charge < -0.3 is 10.6 Å². The van der Waals surface area contributed by atoms with Crippen molar-refractivity contribution < 1.29 is 0 Å². The third kappa shape index (κ3) is 7.63. The van der Waals surface area contributed by atoms with E-state index in [1.54, 1.807) is 11.3 Å². The van der Waals surface area contributed by atoms with Crippen LogP contribution >= 0.6 is 51.2 Å². The minimum atomic E-state index is 0. The van der Waals surface area contributed by atoms with Crippen molar-refractivity contribution in [1.29, 1.82) is 0 Å². The number of nitrogens with zero attached hydrogens (tertiary/aromatic N) is 2. The van der Waals surface area contributed by atoms with E-state index in [1.165, 1.54) is 10.4 Å². The maximum atomic E-state index is 4.62. The summed E-state index contributed by atoms with van der Waals surface area (Å²) < 4.78 is 1.08. The first-order valence-electron chi connectivity index (χ1n) is 7.35. The predicted molar refractivity (Wildman–Crippen MR) is 113 cm³/mol. The fourth-order valence-electron chi connectivity index (χ4n) is 1.95. The number of hydrogen-bond donors (Lipinski definition) is 2. The Hall–Kier alpha value is -0.670. The quantitative estimate of drug-likeness (QED) is 0.350. The van der Waals surface area contributed by atoms with E-state index in [1.807, 2.05) is 18.3 Å². The summed E-state index contributed by atoms with van der Waals surface area (Å²) in [7, 11) is 0. The van der Waals surface area contributed by atoms with Crippen LogP contribution in [-0.2, 0) is 13.0 Å². The fourth-order valence-corrected chi connectivity index (χ4v) is 3.19. The highest BCUT2D eigenvalue weighted by Gasteiger charge is 2.01. The predicted octanol–water partition coefficient (Wildman–Crippen LogP) is 4.13. The van der Waals surface area contributed by atoms with Crippen LogP contribution in [0.3, 0.4) is 0 Å². The lowest BCUT2D eigenvalue weighted by Gasteiger charge is -2.10. The van der Waals surface area contributed by atoms with Gasteiger partial charge in [0.25, 0.3) is 0 Å². The normalized spacial score (nSPS) is 11.0. The monoisotopic (exact) mass is 508 g/mol. The zero-order valence-electron chi connectivity index (χ0n) is 13.3. The van der Waals surface area contributed by atoms with Crippen LogP contribution in [-0.4, -0.2) is 24.0 Å². The van der Waals surface area contributed by atoms with E-state index in [-0.39, 0.29) is 24.0 Å². The molecule has 0 atom stereocenters. The molecule has 0 radical (unpaired) electrons. The highest BCUT2D eigenvalue weighted by Crippen LogP contribution is 2.12. The van der Waals surface area contributed by atoms with Gasteiger partial charge in [-0.1, -0.05) is 28.1 Å². The average Bonchev–Trinajstić information content (AvgIpc) is 2.90. The Morgan fingerprint density at radius 2 is 2.17 bits per heavy atom. The molecular formula is C16H22BrIN4S. The van der Waals surface area contributed by atoms with E-state index in [4.69, 9.17) is 0 Å². The van der Waals surface area contributed by atoms with Crippen LogP contribution in [0.15, 0.2) is 39.9 Å². The number of aromatic nitrogens is 1. The van der Waals surface area contributed by atoms with Gasteiger partial charge in [-0.05, 0) is 31.5 Å². The number of aryl methyl sites for hydroxylation is 1. The van der Waals surface area contributed by atoms with Crippen molar-refractivity contribution >= 4 is 57.2 Å². The molecule has 2 aromatic rings. The van der Waals surface area contributed by atoms with Crippen LogP contribution in [0.25, 0.3) is 0 Å². The van der Waals surface area contributed by atoms with E-state index < -0.39 is 0 Å². The largest absolute Gasteiger partial charge is 0.357 e. The molecule has 0 amide bonds. The van der Waals surface area contributed by atoms with E-state index in [2.05, 4.69) is 62.5 Å². The van der Waals surface area contributed by atoms with Gasteiger partial charge in [-0.15, -0.1) is 35.3 Å². The minimum Gasteiger partial charge on any atom is -0.357 e. The van der Waals surface area contributed by atoms with Gasteiger partial charge in [0.2, 0.25) is 0 Å². The molecule has 0 aliphatic rings. The zero-order valence-corrected chi connectivity index (χ0v) is 18.0. The lowest BCUT2D eigenvalue weighted by Crippen LogP contribution is -2.38. The molecule has 0 unspecified atom stereocenters. The smallest absolute Gasteiger partial charge is 0.191 e. The second kappa shape index (κ2) is 11.0. The second-order valence-electron chi connectivity index (χ2n) is 4.87. The van der Waals surface area contributed by atoms with Crippen LogP contribution in [0.4, 0.5) is 0 Å². The van der Waals surface area contributed by atoms with Gasteiger partial charge in [-0.2, -0.15) is 0 Å². The first kappa shape index (κ1) is 20.4. The molecule has 0 spiro atoms. The molecule has 0 bridgehead atoms. The summed E-state index contributed by atoms with van der Waals surface area (Å²) in [4.78, 5) is 10.2. The molecule has 1 heterocycles. The molecule has 7 heteroatoms. The summed E-state index contributed by atoms with van der Waals surface area (Å²) in [5.41, 5.74) is 1.18. The third-order valence-corrected chi connectivity index (χ3v) is 4.42. The number of halogens is 2. The SMILES string of the molecule is CCNC(=NCc1cccc(Br)c1)NCCc1ncc(C)s1.I. The number of aliphatic imine (C=N–C) groups is 1. The number of thiazole rings is 1. The fraction of sp³-hybridized carbons (Fsp3) is 0.375. The van der Waals surface area contributed by atoms with E-state index in [0.29, 0.717) is 6.54 Å². The highest BCUT2D eigenvalue weighted by atomic mass is 127. The van der Waals surface area contributed by atoms with Crippen LogP contribution in [0.5, 0.6) is 0 Å². The number of nitrogens with one attached hydrogen (secondary N) is 2. The van der Waals surface area contributed by atoms with Gasteiger partial charge in [0, 0.05) is 35.1 Å². The van der Waals surface area contributed by atoms with Gasteiger partial charge in [0.05, 0.1) is 11.6 Å². The topological polar surface area (TPSA) is 49.3 Å². The third-order valence-electron chi connectivity index (χ3n) is 2.95. The molecule has 126 valence electrons. The number of rotatable bonds is 6. The summed E-state index contributed by atoms with van der Waals surface area (Å²) >= 11 is 5.23. The molecule has 23 heavy (non-hydrogen) atoms. The van der Waals surface area contributed by atoms with E-state index in [9.17, 15) is 0 Å². The second-order valence-corrected chi connectivity index (χ2v) is 7.10. The number of benzene rings is 1. The Balaban J connectivity index is 0.00000264.